The molecule has 1 aliphatic heterocycles. The lowest BCUT2D eigenvalue weighted by molar-refractivity contribution is -0.197. The molecular weight excluding hydrogens is 233 g/mol. The summed E-state index contributed by atoms with van der Waals surface area (Å²) in [5, 5.41) is 3.01. The lowest BCUT2D eigenvalue weighted by Crippen LogP contribution is -2.51. The largest absolute Gasteiger partial charge is 0.411 e. The van der Waals surface area contributed by atoms with Gasteiger partial charge in [-0.2, -0.15) is 13.2 Å². The molecule has 1 saturated carbocycles. The molecule has 1 amide bonds. The van der Waals surface area contributed by atoms with Gasteiger partial charge in [0.05, 0.1) is 6.04 Å². The summed E-state index contributed by atoms with van der Waals surface area (Å²) in [6.07, 6.45) is -3.72. The van der Waals surface area contributed by atoms with Crippen LogP contribution >= 0.6 is 0 Å². The Morgan fingerprint density at radius 2 is 2.00 bits per heavy atom. The van der Waals surface area contributed by atoms with Crippen LogP contribution in [0.4, 0.5) is 13.2 Å². The highest BCUT2D eigenvalue weighted by atomic mass is 19.4. The van der Waals surface area contributed by atoms with Crippen molar-refractivity contribution in [2.24, 2.45) is 0 Å². The van der Waals surface area contributed by atoms with Gasteiger partial charge in [-0.1, -0.05) is 13.8 Å². The number of hydrogen-bond donors (Lipinski definition) is 1. The first-order valence-electron chi connectivity index (χ1n) is 5.92. The minimum Gasteiger partial charge on any atom is -0.326 e. The van der Waals surface area contributed by atoms with Gasteiger partial charge in [0.2, 0.25) is 5.91 Å². The second-order valence-electron chi connectivity index (χ2n) is 5.18. The molecule has 2 fully saturated rings. The van der Waals surface area contributed by atoms with Crippen molar-refractivity contribution in [3.8, 4) is 0 Å². The summed E-state index contributed by atoms with van der Waals surface area (Å²) in [5.41, 5.74) is -1.85. The van der Waals surface area contributed by atoms with E-state index in [-0.39, 0.29) is 25.4 Å². The van der Waals surface area contributed by atoms with E-state index in [4.69, 9.17) is 0 Å². The van der Waals surface area contributed by atoms with Crippen LogP contribution < -0.4 is 5.32 Å². The zero-order chi connectivity index (χ0) is 12.8. The molecule has 0 bridgehead atoms. The number of amides is 1. The molecule has 0 aromatic heterocycles. The molecular formula is C11H17F3N2O. The predicted molar refractivity (Wildman–Crippen MR) is 56.4 cm³/mol. The van der Waals surface area contributed by atoms with Crippen molar-refractivity contribution in [1.82, 2.24) is 10.2 Å². The fraction of sp³-hybridized carbons (Fsp3) is 0.909. The summed E-state index contributed by atoms with van der Waals surface area (Å²) in [6.45, 7) is 3.97. The van der Waals surface area contributed by atoms with Gasteiger partial charge in [-0.05, 0) is 19.3 Å². The SMILES string of the molecule is CC(C)NC1CCN(C2(C(F)(F)F)CC2)C1=O. The molecule has 98 valence electrons. The van der Waals surface area contributed by atoms with Gasteiger partial charge in [0, 0.05) is 12.6 Å². The van der Waals surface area contributed by atoms with E-state index in [1.165, 1.54) is 0 Å². The Hall–Kier alpha value is -0.780. The minimum absolute atomic E-state index is 0.0522. The summed E-state index contributed by atoms with van der Waals surface area (Å²) in [4.78, 5) is 13.0. The highest BCUT2D eigenvalue weighted by Crippen LogP contribution is 2.54. The molecule has 3 nitrogen and oxygen atoms in total. The van der Waals surface area contributed by atoms with Crippen LogP contribution in [0.25, 0.3) is 0 Å². The standard InChI is InChI=1S/C11H17F3N2O/c1-7(2)15-8-3-6-16(9(8)17)10(4-5-10)11(12,13)14/h7-8,15H,3-6H2,1-2H3. The molecule has 2 aliphatic rings. The van der Waals surface area contributed by atoms with Crippen LogP contribution in [0.3, 0.4) is 0 Å². The van der Waals surface area contributed by atoms with E-state index in [9.17, 15) is 18.0 Å². The second kappa shape index (κ2) is 3.86. The highest BCUT2D eigenvalue weighted by Gasteiger charge is 2.69. The summed E-state index contributed by atoms with van der Waals surface area (Å²) in [6, 6.07) is -0.347. The summed E-state index contributed by atoms with van der Waals surface area (Å²) in [5.74, 6) is -0.395. The number of rotatable bonds is 3. The van der Waals surface area contributed by atoms with Crippen LogP contribution in [0.1, 0.15) is 33.1 Å². The minimum atomic E-state index is -4.30. The van der Waals surface area contributed by atoms with Crippen molar-refractivity contribution in [1.29, 1.82) is 0 Å². The third-order valence-corrected chi connectivity index (χ3v) is 3.51. The van der Waals surface area contributed by atoms with Crippen LogP contribution in [-0.2, 0) is 4.79 Å². The van der Waals surface area contributed by atoms with E-state index in [2.05, 4.69) is 5.32 Å². The number of carbonyl (C=O) groups excluding carboxylic acids is 1. The summed E-state index contributed by atoms with van der Waals surface area (Å²) < 4.78 is 38.7. The third kappa shape index (κ3) is 2.03. The smallest absolute Gasteiger partial charge is 0.326 e. The normalized spacial score (nSPS) is 28.0. The van der Waals surface area contributed by atoms with Gasteiger partial charge < -0.3 is 10.2 Å². The van der Waals surface area contributed by atoms with Crippen molar-refractivity contribution >= 4 is 5.91 Å². The van der Waals surface area contributed by atoms with Crippen molar-refractivity contribution < 1.29 is 18.0 Å². The Bertz CT molecular complexity index is 323. The van der Waals surface area contributed by atoms with Gasteiger partial charge in [-0.15, -0.1) is 0 Å². The Kier molecular flexibility index (Phi) is 2.88. The van der Waals surface area contributed by atoms with Gasteiger partial charge in [-0.25, -0.2) is 0 Å². The molecule has 0 spiro atoms. The lowest BCUT2D eigenvalue weighted by atomic mass is 10.2. The monoisotopic (exact) mass is 250 g/mol. The highest BCUT2D eigenvalue weighted by molar-refractivity contribution is 5.85. The Morgan fingerprint density at radius 3 is 2.41 bits per heavy atom. The summed E-state index contributed by atoms with van der Waals surface area (Å²) in [7, 11) is 0. The Morgan fingerprint density at radius 1 is 1.41 bits per heavy atom. The van der Waals surface area contributed by atoms with Crippen LogP contribution in [0.2, 0.25) is 0 Å². The van der Waals surface area contributed by atoms with Crippen molar-refractivity contribution in [3.05, 3.63) is 0 Å². The zero-order valence-corrected chi connectivity index (χ0v) is 9.97. The van der Waals surface area contributed by atoms with Crippen molar-refractivity contribution in [2.75, 3.05) is 6.54 Å². The van der Waals surface area contributed by atoms with E-state index < -0.39 is 23.7 Å². The van der Waals surface area contributed by atoms with Crippen LogP contribution in [0, 0.1) is 0 Å². The lowest BCUT2D eigenvalue weighted by Gasteiger charge is -2.30. The molecule has 0 aromatic rings. The number of halogens is 3. The number of nitrogens with one attached hydrogen (secondary N) is 1. The molecule has 0 radical (unpaired) electrons. The molecule has 1 saturated heterocycles. The Balaban J connectivity index is 2.08. The van der Waals surface area contributed by atoms with Crippen LogP contribution in [0.15, 0.2) is 0 Å². The van der Waals surface area contributed by atoms with Crippen molar-refractivity contribution in [3.63, 3.8) is 0 Å². The van der Waals surface area contributed by atoms with E-state index in [0.717, 1.165) is 4.90 Å². The van der Waals surface area contributed by atoms with E-state index >= 15 is 0 Å². The molecule has 1 N–H and O–H groups in total. The van der Waals surface area contributed by atoms with Gasteiger partial charge in [0.25, 0.3) is 0 Å². The maximum absolute atomic E-state index is 12.9. The maximum Gasteiger partial charge on any atom is 0.411 e. The molecule has 1 unspecified atom stereocenters. The van der Waals surface area contributed by atoms with E-state index in [1.54, 1.807) is 0 Å². The van der Waals surface area contributed by atoms with Crippen molar-refractivity contribution in [2.45, 2.75) is 56.9 Å². The number of nitrogens with zero attached hydrogens (tertiary/aromatic N) is 1. The van der Waals surface area contributed by atoms with E-state index in [1.807, 2.05) is 13.8 Å². The van der Waals surface area contributed by atoms with Gasteiger partial charge >= 0.3 is 6.18 Å². The fourth-order valence-electron chi connectivity index (χ4n) is 2.49. The first kappa shape index (κ1) is 12.7. The average Bonchev–Trinajstić information content (AvgIpc) is 2.90. The second-order valence-corrected chi connectivity index (χ2v) is 5.18. The fourth-order valence-corrected chi connectivity index (χ4v) is 2.49. The number of alkyl halides is 3. The topological polar surface area (TPSA) is 32.3 Å². The molecule has 1 atom stereocenters. The predicted octanol–water partition coefficient (Wildman–Crippen LogP) is 1.68. The number of hydrogen-bond acceptors (Lipinski definition) is 2. The van der Waals surface area contributed by atoms with Gasteiger partial charge in [0.1, 0.15) is 5.54 Å². The summed E-state index contributed by atoms with van der Waals surface area (Å²) >= 11 is 0. The number of carbonyl (C=O) groups is 1. The average molecular weight is 250 g/mol. The van der Waals surface area contributed by atoms with Crippen LogP contribution in [-0.4, -0.2) is 41.2 Å². The first-order chi connectivity index (χ1) is 7.78. The quantitative estimate of drug-likeness (QED) is 0.826. The first-order valence-corrected chi connectivity index (χ1v) is 5.92. The van der Waals surface area contributed by atoms with E-state index in [0.29, 0.717) is 6.42 Å². The molecule has 6 heteroatoms. The van der Waals surface area contributed by atoms with Crippen LogP contribution in [0.5, 0.6) is 0 Å². The maximum atomic E-state index is 12.9. The van der Waals surface area contributed by atoms with Gasteiger partial charge in [0.15, 0.2) is 0 Å². The molecule has 0 aromatic carbocycles. The molecule has 1 heterocycles. The molecule has 1 aliphatic carbocycles. The molecule has 2 rings (SSSR count). The Labute approximate surface area is 98.3 Å². The zero-order valence-electron chi connectivity index (χ0n) is 9.97. The third-order valence-electron chi connectivity index (χ3n) is 3.51. The number of likely N-dealkylation sites (tertiary alicyclic amines) is 1. The molecule has 17 heavy (non-hydrogen) atoms. The van der Waals surface area contributed by atoms with Gasteiger partial charge in [-0.3, -0.25) is 4.79 Å².